The summed E-state index contributed by atoms with van der Waals surface area (Å²) in [5.41, 5.74) is 0.0901. The molecule has 0 radical (unpaired) electrons. The molecule has 0 spiro atoms. The molecule has 16 heavy (non-hydrogen) atoms. The lowest BCUT2D eigenvalue weighted by atomic mass is 9.88. The van der Waals surface area contributed by atoms with E-state index in [0.29, 0.717) is 5.56 Å². The highest BCUT2D eigenvalue weighted by Gasteiger charge is 2.19. The Balaban J connectivity index is 3.10. The molecule has 0 unspecified atom stereocenters. The molecule has 0 aromatic carbocycles. The van der Waals surface area contributed by atoms with Crippen molar-refractivity contribution in [3.63, 3.8) is 0 Å². The fraction of sp³-hybridized carbons (Fsp3) is 0.500. The summed E-state index contributed by atoms with van der Waals surface area (Å²) >= 11 is 0. The zero-order valence-electron chi connectivity index (χ0n) is 9.70. The first-order valence-corrected chi connectivity index (χ1v) is 6.63. The lowest BCUT2D eigenvalue weighted by Gasteiger charge is -2.19. The smallest absolute Gasteiger partial charge is 0.230 e. The van der Waals surface area contributed by atoms with Gasteiger partial charge in [0.1, 0.15) is 5.82 Å². The Bertz CT molecular complexity index is 492. The summed E-state index contributed by atoms with van der Waals surface area (Å²) in [4.78, 5) is 3.57. The molecule has 0 saturated heterocycles. The number of nitrogens with zero attached hydrogens (tertiary/aromatic N) is 1. The molecular formula is C10H15FN2O2S. The van der Waals surface area contributed by atoms with Crippen molar-refractivity contribution in [3.8, 4) is 0 Å². The third-order valence-corrected chi connectivity index (χ3v) is 2.53. The molecule has 0 bridgehead atoms. The van der Waals surface area contributed by atoms with Gasteiger partial charge in [0.15, 0.2) is 0 Å². The first kappa shape index (κ1) is 12.9. The van der Waals surface area contributed by atoms with Crippen molar-refractivity contribution in [2.45, 2.75) is 26.2 Å². The molecule has 1 rings (SSSR count). The first-order valence-electron chi connectivity index (χ1n) is 4.74. The lowest BCUT2D eigenvalue weighted by Crippen LogP contribution is -2.16. The van der Waals surface area contributed by atoms with Crippen LogP contribution < -0.4 is 4.72 Å². The molecular weight excluding hydrogens is 231 g/mol. The minimum atomic E-state index is -3.42. The molecule has 0 aliphatic heterocycles. The molecule has 0 saturated carbocycles. The van der Waals surface area contributed by atoms with Crippen LogP contribution in [0.5, 0.6) is 0 Å². The second kappa shape index (κ2) is 4.01. The van der Waals surface area contributed by atoms with Crippen LogP contribution in [0.25, 0.3) is 0 Å². The number of nitrogens with one attached hydrogen (secondary N) is 1. The summed E-state index contributed by atoms with van der Waals surface area (Å²) in [5, 5.41) is 0. The second-order valence-electron chi connectivity index (χ2n) is 4.66. The van der Waals surface area contributed by atoms with Gasteiger partial charge in [-0.1, -0.05) is 26.8 Å². The van der Waals surface area contributed by atoms with Gasteiger partial charge in [0.25, 0.3) is 0 Å². The Morgan fingerprint density at radius 3 is 2.25 bits per heavy atom. The highest BCUT2D eigenvalue weighted by atomic mass is 32.2. The van der Waals surface area contributed by atoms with E-state index in [0.717, 1.165) is 6.26 Å². The van der Waals surface area contributed by atoms with E-state index < -0.39 is 16.0 Å². The minimum Gasteiger partial charge on any atom is -0.267 e. The third-order valence-electron chi connectivity index (χ3n) is 1.95. The molecule has 1 N–H and O–H groups in total. The minimum absolute atomic E-state index is 0.00648. The maximum atomic E-state index is 13.6. The molecule has 1 aromatic heterocycles. The molecule has 0 atom stereocenters. The molecule has 4 nitrogen and oxygen atoms in total. The summed E-state index contributed by atoms with van der Waals surface area (Å²) in [6.07, 6.45) is 0.990. The summed E-state index contributed by atoms with van der Waals surface area (Å²) in [6.45, 7) is 5.57. The van der Waals surface area contributed by atoms with E-state index in [1.54, 1.807) is 0 Å². The van der Waals surface area contributed by atoms with Crippen molar-refractivity contribution in [2.75, 3.05) is 11.0 Å². The number of hydrogen-bond acceptors (Lipinski definition) is 3. The topological polar surface area (TPSA) is 59.1 Å². The van der Waals surface area contributed by atoms with Crippen LogP contribution >= 0.6 is 0 Å². The van der Waals surface area contributed by atoms with Gasteiger partial charge in [-0.05, 0) is 11.5 Å². The summed E-state index contributed by atoms with van der Waals surface area (Å²) in [7, 11) is -3.42. The van der Waals surface area contributed by atoms with Crippen LogP contribution in [0, 0.1) is 5.95 Å². The van der Waals surface area contributed by atoms with E-state index in [9.17, 15) is 12.8 Å². The van der Waals surface area contributed by atoms with Gasteiger partial charge in [-0.25, -0.2) is 13.4 Å². The normalized spacial score (nSPS) is 12.6. The zero-order chi connectivity index (χ0) is 12.6. The Morgan fingerprint density at radius 2 is 1.88 bits per heavy atom. The summed E-state index contributed by atoms with van der Waals surface area (Å²) in [6, 6.07) is 2.99. The van der Waals surface area contributed by atoms with E-state index >= 15 is 0 Å². The van der Waals surface area contributed by atoms with E-state index in [1.165, 1.54) is 12.1 Å². The number of hydrogen-bond donors (Lipinski definition) is 1. The van der Waals surface area contributed by atoms with Crippen LogP contribution in [0.15, 0.2) is 12.1 Å². The lowest BCUT2D eigenvalue weighted by molar-refractivity contribution is 0.500. The zero-order valence-corrected chi connectivity index (χ0v) is 10.5. The highest BCUT2D eigenvalue weighted by Crippen LogP contribution is 2.25. The van der Waals surface area contributed by atoms with Crippen LogP contribution in [0.2, 0.25) is 0 Å². The maximum absolute atomic E-state index is 13.6. The Labute approximate surface area is 95.0 Å². The van der Waals surface area contributed by atoms with Crippen molar-refractivity contribution in [3.05, 3.63) is 23.6 Å². The molecule has 1 aromatic rings. The maximum Gasteiger partial charge on any atom is 0.230 e. The molecule has 0 fully saturated rings. The molecule has 0 aliphatic rings. The Morgan fingerprint density at radius 1 is 1.31 bits per heavy atom. The van der Waals surface area contributed by atoms with Crippen molar-refractivity contribution in [2.24, 2.45) is 0 Å². The predicted octanol–water partition coefficient (Wildman–Crippen LogP) is 1.89. The van der Waals surface area contributed by atoms with Crippen molar-refractivity contribution >= 4 is 15.8 Å². The average molecular weight is 246 g/mol. The highest BCUT2D eigenvalue weighted by molar-refractivity contribution is 7.92. The second-order valence-corrected chi connectivity index (χ2v) is 6.41. The van der Waals surface area contributed by atoms with Crippen LogP contribution in [-0.2, 0) is 15.4 Å². The van der Waals surface area contributed by atoms with Crippen LogP contribution in [0.3, 0.4) is 0 Å². The third kappa shape index (κ3) is 3.44. The number of rotatable bonds is 2. The van der Waals surface area contributed by atoms with Gasteiger partial charge in [0.2, 0.25) is 16.0 Å². The van der Waals surface area contributed by atoms with Gasteiger partial charge in [-0.2, -0.15) is 4.39 Å². The predicted molar refractivity (Wildman–Crippen MR) is 61.4 cm³/mol. The van der Waals surface area contributed by atoms with E-state index in [1.807, 2.05) is 20.8 Å². The van der Waals surface area contributed by atoms with Gasteiger partial charge < -0.3 is 0 Å². The number of anilines is 1. The Kier molecular flexibility index (Phi) is 3.23. The van der Waals surface area contributed by atoms with Crippen molar-refractivity contribution in [1.29, 1.82) is 0 Å². The quantitative estimate of drug-likeness (QED) is 0.811. The molecule has 6 heteroatoms. The summed E-state index contributed by atoms with van der Waals surface area (Å²) < 4.78 is 37.5. The summed E-state index contributed by atoms with van der Waals surface area (Å²) in [5.74, 6) is -0.658. The van der Waals surface area contributed by atoms with Gasteiger partial charge in [-0.3, -0.25) is 4.72 Å². The number of aromatic nitrogens is 1. The number of pyridine rings is 1. The van der Waals surface area contributed by atoms with E-state index in [2.05, 4.69) is 9.71 Å². The van der Waals surface area contributed by atoms with E-state index in [4.69, 9.17) is 0 Å². The number of halogens is 1. The Hall–Kier alpha value is -1.17. The largest absolute Gasteiger partial charge is 0.267 e. The van der Waals surface area contributed by atoms with Crippen molar-refractivity contribution < 1.29 is 12.8 Å². The number of sulfonamides is 1. The van der Waals surface area contributed by atoms with E-state index in [-0.39, 0.29) is 11.2 Å². The average Bonchev–Trinajstić information content (AvgIpc) is 1.97. The van der Waals surface area contributed by atoms with Crippen LogP contribution in [-0.4, -0.2) is 19.7 Å². The van der Waals surface area contributed by atoms with Gasteiger partial charge in [0, 0.05) is 5.56 Å². The van der Waals surface area contributed by atoms with Gasteiger partial charge >= 0.3 is 0 Å². The molecule has 0 aliphatic carbocycles. The van der Waals surface area contributed by atoms with Crippen molar-refractivity contribution in [1.82, 2.24) is 4.98 Å². The fourth-order valence-corrected chi connectivity index (χ4v) is 1.73. The van der Waals surface area contributed by atoms with Crippen LogP contribution in [0.4, 0.5) is 10.2 Å². The standard InChI is InChI=1S/C10H15FN2O2S/c1-10(2,3)7-5-6-8(12-9(7)11)13-16(4,14)15/h5-6H,1-4H3,(H,12,13). The first-order chi connectivity index (χ1) is 7.09. The van der Waals surface area contributed by atoms with Gasteiger partial charge in [-0.15, -0.1) is 0 Å². The SMILES string of the molecule is CC(C)(C)c1ccc(NS(C)(=O)=O)nc1F. The van der Waals surface area contributed by atoms with Gasteiger partial charge in [0.05, 0.1) is 6.26 Å². The molecule has 1 heterocycles. The fourth-order valence-electron chi connectivity index (χ4n) is 1.24. The molecule has 90 valence electrons. The monoisotopic (exact) mass is 246 g/mol. The molecule has 0 amide bonds. The van der Waals surface area contributed by atoms with Crippen LogP contribution in [0.1, 0.15) is 26.3 Å².